The van der Waals surface area contributed by atoms with E-state index in [4.69, 9.17) is 20.5 Å². The summed E-state index contributed by atoms with van der Waals surface area (Å²) in [5.41, 5.74) is 1.92. The average Bonchev–Trinajstić information content (AvgIpc) is 2.52. The number of hydrogen-bond donors (Lipinski definition) is 0. The highest BCUT2D eigenvalue weighted by Gasteiger charge is 2.15. The fourth-order valence-electron chi connectivity index (χ4n) is 2.00. The Morgan fingerprint density at radius 1 is 1.09 bits per heavy atom. The van der Waals surface area contributed by atoms with Gasteiger partial charge >= 0.3 is 0 Å². The summed E-state index contributed by atoms with van der Waals surface area (Å²) in [6.07, 6.45) is -0.195. The van der Waals surface area contributed by atoms with Gasteiger partial charge in [-0.25, -0.2) is 0 Å². The molecular weight excluding hydrogens is 336 g/mol. The lowest BCUT2D eigenvalue weighted by Gasteiger charge is -2.14. The van der Waals surface area contributed by atoms with E-state index >= 15 is 0 Å². The molecule has 0 aliphatic carbocycles. The minimum atomic E-state index is -3.75. The monoisotopic (exact) mass is 354 g/mol. The first-order valence-corrected chi connectivity index (χ1v) is 9.00. The molecule has 23 heavy (non-hydrogen) atoms. The molecular formula is C17H19ClO4S. The van der Waals surface area contributed by atoms with Crippen molar-refractivity contribution in [3.8, 4) is 0 Å². The van der Waals surface area contributed by atoms with Gasteiger partial charge in [0.05, 0.1) is 24.2 Å². The van der Waals surface area contributed by atoms with Crippen molar-refractivity contribution in [1.29, 1.82) is 0 Å². The lowest BCUT2D eigenvalue weighted by atomic mass is 10.1. The van der Waals surface area contributed by atoms with Crippen LogP contribution in [0.1, 0.15) is 24.2 Å². The molecule has 2 aromatic rings. The number of halogens is 1. The molecule has 1 atom stereocenters. The summed E-state index contributed by atoms with van der Waals surface area (Å²) in [6, 6.07) is 13.9. The van der Waals surface area contributed by atoms with Crippen LogP contribution in [0.4, 0.5) is 0 Å². The van der Waals surface area contributed by atoms with Crippen LogP contribution in [-0.2, 0) is 19.0 Å². The maximum Gasteiger partial charge on any atom is 0.297 e. The van der Waals surface area contributed by atoms with Crippen LogP contribution in [0.15, 0.2) is 53.4 Å². The molecule has 0 N–H and O–H groups in total. The summed E-state index contributed by atoms with van der Waals surface area (Å²) in [5.74, 6) is 0. The van der Waals surface area contributed by atoms with Crippen LogP contribution in [0.25, 0.3) is 0 Å². The van der Waals surface area contributed by atoms with E-state index in [1.807, 2.05) is 32.0 Å². The fraction of sp³-hybridized carbons (Fsp3) is 0.294. The molecule has 124 valence electrons. The third-order valence-electron chi connectivity index (χ3n) is 3.32. The number of benzene rings is 2. The van der Waals surface area contributed by atoms with Gasteiger partial charge in [-0.1, -0.05) is 41.4 Å². The van der Waals surface area contributed by atoms with Gasteiger partial charge in [-0.15, -0.1) is 0 Å². The van der Waals surface area contributed by atoms with E-state index < -0.39 is 10.1 Å². The largest absolute Gasteiger partial charge is 0.371 e. The van der Waals surface area contributed by atoms with Gasteiger partial charge in [0.1, 0.15) is 0 Å². The SMILES string of the molecule is Cc1ccc(S(=O)(=O)OCCO[C@@H](C)c2cccc(Cl)c2)cc1. The van der Waals surface area contributed by atoms with Gasteiger partial charge in [-0.3, -0.25) is 4.18 Å². The van der Waals surface area contributed by atoms with Crippen LogP contribution in [0.2, 0.25) is 5.02 Å². The molecule has 6 heteroatoms. The van der Waals surface area contributed by atoms with Crippen molar-refractivity contribution in [2.45, 2.75) is 24.8 Å². The Kier molecular flexibility index (Phi) is 6.18. The fourth-order valence-corrected chi connectivity index (χ4v) is 3.09. The number of aryl methyl sites for hydroxylation is 1. The van der Waals surface area contributed by atoms with Crippen molar-refractivity contribution in [3.05, 3.63) is 64.7 Å². The van der Waals surface area contributed by atoms with Gasteiger partial charge < -0.3 is 4.74 Å². The molecule has 0 radical (unpaired) electrons. The Balaban J connectivity index is 1.84. The van der Waals surface area contributed by atoms with Crippen LogP contribution in [0.5, 0.6) is 0 Å². The van der Waals surface area contributed by atoms with Crippen molar-refractivity contribution in [2.75, 3.05) is 13.2 Å². The Morgan fingerprint density at radius 2 is 1.78 bits per heavy atom. The van der Waals surface area contributed by atoms with Crippen molar-refractivity contribution >= 4 is 21.7 Å². The maximum absolute atomic E-state index is 12.0. The summed E-state index contributed by atoms with van der Waals surface area (Å²) in [4.78, 5) is 0.144. The summed E-state index contributed by atoms with van der Waals surface area (Å²) in [6.45, 7) is 3.89. The first-order chi connectivity index (χ1) is 10.9. The van der Waals surface area contributed by atoms with Crippen LogP contribution in [0.3, 0.4) is 0 Å². The quantitative estimate of drug-likeness (QED) is 0.554. The molecule has 0 fully saturated rings. The molecule has 2 aromatic carbocycles. The zero-order chi connectivity index (χ0) is 16.9. The van der Waals surface area contributed by atoms with Crippen molar-refractivity contribution < 1.29 is 17.3 Å². The molecule has 0 aromatic heterocycles. The van der Waals surface area contributed by atoms with Crippen LogP contribution < -0.4 is 0 Å². The Hall–Kier alpha value is -1.40. The summed E-state index contributed by atoms with van der Waals surface area (Å²) in [7, 11) is -3.75. The van der Waals surface area contributed by atoms with E-state index in [1.165, 1.54) is 12.1 Å². The summed E-state index contributed by atoms with van der Waals surface area (Å²) in [5, 5.41) is 0.635. The first-order valence-electron chi connectivity index (χ1n) is 7.21. The molecule has 4 nitrogen and oxygen atoms in total. The highest BCUT2D eigenvalue weighted by atomic mass is 35.5. The third-order valence-corrected chi connectivity index (χ3v) is 4.88. The predicted molar refractivity (Wildman–Crippen MR) is 90.1 cm³/mol. The second kappa shape index (κ2) is 7.93. The predicted octanol–water partition coefficient (Wildman–Crippen LogP) is 4.13. The average molecular weight is 355 g/mol. The Bertz CT molecular complexity index is 741. The summed E-state index contributed by atoms with van der Waals surface area (Å²) >= 11 is 5.93. The van der Waals surface area contributed by atoms with Crippen molar-refractivity contribution in [2.24, 2.45) is 0 Å². The van der Waals surface area contributed by atoms with Crippen molar-refractivity contribution in [3.63, 3.8) is 0 Å². The molecule has 0 saturated carbocycles. The molecule has 0 saturated heterocycles. The second-order valence-corrected chi connectivity index (χ2v) is 7.21. The lowest BCUT2D eigenvalue weighted by Crippen LogP contribution is -2.13. The molecule has 0 unspecified atom stereocenters. The van der Waals surface area contributed by atoms with Gasteiger partial charge in [-0.05, 0) is 43.7 Å². The second-order valence-electron chi connectivity index (χ2n) is 5.16. The van der Waals surface area contributed by atoms with Gasteiger partial charge in [0, 0.05) is 5.02 Å². The van der Waals surface area contributed by atoms with E-state index in [-0.39, 0.29) is 24.2 Å². The molecule has 0 amide bonds. The normalized spacial score (nSPS) is 13.0. The molecule has 0 aliphatic heterocycles. The van der Waals surface area contributed by atoms with Gasteiger partial charge in [0.25, 0.3) is 10.1 Å². The topological polar surface area (TPSA) is 52.6 Å². The highest BCUT2D eigenvalue weighted by molar-refractivity contribution is 7.86. The number of ether oxygens (including phenoxy) is 1. The standard InChI is InChI=1S/C17H19ClO4S/c1-13-6-8-17(9-7-13)23(19,20)22-11-10-21-14(2)15-4-3-5-16(18)12-15/h3-9,12,14H,10-11H2,1-2H3/t14-/m0/s1. The zero-order valence-corrected chi connectivity index (χ0v) is 14.6. The molecule has 0 heterocycles. The lowest BCUT2D eigenvalue weighted by molar-refractivity contribution is 0.0452. The molecule has 0 bridgehead atoms. The van der Waals surface area contributed by atoms with Gasteiger partial charge in [-0.2, -0.15) is 8.42 Å². The van der Waals surface area contributed by atoms with Crippen LogP contribution in [-0.4, -0.2) is 21.6 Å². The highest BCUT2D eigenvalue weighted by Crippen LogP contribution is 2.20. The minimum Gasteiger partial charge on any atom is -0.371 e. The maximum atomic E-state index is 12.0. The van der Waals surface area contributed by atoms with E-state index in [2.05, 4.69) is 0 Å². The van der Waals surface area contributed by atoms with E-state index in [0.717, 1.165) is 11.1 Å². The minimum absolute atomic E-state index is 0.0406. The number of rotatable bonds is 7. The molecule has 0 spiro atoms. The smallest absolute Gasteiger partial charge is 0.297 e. The first kappa shape index (κ1) is 17.9. The zero-order valence-electron chi connectivity index (χ0n) is 13.0. The van der Waals surface area contributed by atoms with E-state index in [0.29, 0.717) is 5.02 Å². The molecule has 2 rings (SSSR count). The van der Waals surface area contributed by atoms with E-state index in [1.54, 1.807) is 18.2 Å². The van der Waals surface area contributed by atoms with E-state index in [9.17, 15) is 8.42 Å². The van der Waals surface area contributed by atoms with Gasteiger partial charge in [0.15, 0.2) is 0 Å². The van der Waals surface area contributed by atoms with Crippen LogP contribution >= 0.6 is 11.6 Å². The Morgan fingerprint density at radius 3 is 2.43 bits per heavy atom. The Labute approximate surface area is 142 Å². The van der Waals surface area contributed by atoms with Gasteiger partial charge in [0.2, 0.25) is 0 Å². The van der Waals surface area contributed by atoms with Crippen molar-refractivity contribution in [1.82, 2.24) is 0 Å². The third kappa shape index (κ3) is 5.32. The summed E-state index contributed by atoms with van der Waals surface area (Å²) < 4.78 is 34.6. The molecule has 0 aliphatic rings. The van der Waals surface area contributed by atoms with Crippen LogP contribution in [0, 0.1) is 6.92 Å². The number of hydrogen-bond acceptors (Lipinski definition) is 4.